The predicted molar refractivity (Wildman–Crippen MR) is 224 cm³/mol. The van der Waals surface area contributed by atoms with Crippen molar-refractivity contribution in [3.63, 3.8) is 0 Å². The molecule has 3 nitrogen and oxygen atoms in total. The van der Waals surface area contributed by atoms with Crippen LogP contribution in [0, 0.1) is 0 Å². The lowest BCUT2D eigenvalue weighted by atomic mass is 9.67. The Morgan fingerprint density at radius 2 is 0.655 bits per heavy atom. The van der Waals surface area contributed by atoms with Crippen molar-refractivity contribution in [2.24, 2.45) is 0 Å². The van der Waals surface area contributed by atoms with Gasteiger partial charge >= 0.3 is 0 Å². The number of aromatic nitrogens is 3. The van der Waals surface area contributed by atoms with E-state index in [4.69, 9.17) is 15.0 Å². The van der Waals surface area contributed by atoms with Crippen molar-refractivity contribution < 1.29 is 0 Å². The molecule has 0 fully saturated rings. The van der Waals surface area contributed by atoms with E-state index in [2.05, 4.69) is 188 Å². The van der Waals surface area contributed by atoms with Crippen molar-refractivity contribution in [1.82, 2.24) is 15.0 Å². The van der Waals surface area contributed by atoms with E-state index < -0.39 is 5.41 Å². The Hall–Kier alpha value is -7.23. The van der Waals surface area contributed by atoms with Gasteiger partial charge in [0.25, 0.3) is 0 Å². The van der Waals surface area contributed by atoms with Crippen molar-refractivity contribution in [3.05, 3.63) is 235 Å². The van der Waals surface area contributed by atoms with Crippen LogP contribution in [0.2, 0.25) is 0 Å². The lowest BCUT2D eigenvalue weighted by Gasteiger charge is -2.34. The van der Waals surface area contributed by atoms with Crippen molar-refractivity contribution in [2.75, 3.05) is 0 Å². The smallest absolute Gasteiger partial charge is 0.164 e. The van der Waals surface area contributed by atoms with Crippen LogP contribution >= 0.6 is 0 Å². The fourth-order valence-corrected chi connectivity index (χ4v) is 8.42. The maximum absolute atomic E-state index is 5.28. The Bertz CT molecular complexity index is 2760. The van der Waals surface area contributed by atoms with Crippen LogP contribution in [0.15, 0.2) is 212 Å². The van der Waals surface area contributed by atoms with Gasteiger partial charge in [0.15, 0.2) is 17.5 Å². The minimum absolute atomic E-state index is 0.499. The molecule has 1 aliphatic carbocycles. The number of rotatable bonds is 7. The molecule has 0 unspecified atom stereocenters. The second-order valence-corrected chi connectivity index (χ2v) is 13.9. The molecule has 1 aliphatic rings. The molecule has 3 heteroatoms. The molecule has 1 aromatic heterocycles. The summed E-state index contributed by atoms with van der Waals surface area (Å²) in [7, 11) is 0. The van der Waals surface area contributed by atoms with Crippen LogP contribution in [0.4, 0.5) is 0 Å². The third-order valence-electron chi connectivity index (χ3n) is 10.9. The third kappa shape index (κ3) is 5.48. The van der Waals surface area contributed by atoms with Crippen LogP contribution in [0.1, 0.15) is 22.3 Å². The lowest BCUT2D eigenvalue weighted by molar-refractivity contribution is 0.769. The molecule has 0 saturated heterocycles. The molecule has 0 N–H and O–H groups in total. The van der Waals surface area contributed by atoms with E-state index in [1.165, 1.54) is 33.4 Å². The first-order chi connectivity index (χ1) is 27.3. The number of hydrogen-bond donors (Lipinski definition) is 0. The molecule has 0 bridgehead atoms. The number of hydrogen-bond acceptors (Lipinski definition) is 3. The minimum atomic E-state index is -0.499. The van der Waals surface area contributed by atoms with Crippen LogP contribution in [-0.4, -0.2) is 15.0 Å². The standard InChI is InChI=1S/C52H35N3/c1-5-19-36(20-6-1)41-27-13-15-30-45(41)50-53-49(37-21-7-2-8-22-37)54-51(55-50)46-31-16-14-28-42(46)38-33-34-44-43-29-17-18-32-47(43)52(48(44)35-38,39-23-9-3-10-24-39)40-25-11-4-12-26-40/h1-35H. The summed E-state index contributed by atoms with van der Waals surface area (Å²) < 4.78 is 0. The largest absolute Gasteiger partial charge is 0.208 e. The topological polar surface area (TPSA) is 38.7 Å². The average molecular weight is 702 g/mol. The van der Waals surface area contributed by atoms with Crippen molar-refractivity contribution in [3.8, 4) is 67.5 Å². The van der Waals surface area contributed by atoms with Crippen molar-refractivity contribution in [2.45, 2.75) is 5.41 Å². The molecule has 0 radical (unpaired) electrons. The van der Waals surface area contributed by atoms with E-state index in [1.807, 2.05) is 24.3 Å². The lowest BCUT2D eigenvalue weighted by Crippen LogP contribution is -2.28. The second kappa shape index (κ2) is 13.6. The van der Waals surface area contributed by atoms with E-state index in [1.54, 1.807) is 0 Å². The van der Waals surface area contributed by atoms with Crippen molar-refractivity contribution in [1.29, 1.82) is 0 Å². The zero-order chi connectivity index (χ0) is 36.6. The van der Waals surface area contributed by atoms with Gasteiger partial charge < -0.3 is 0 Å². The fourth-order valence-electron chi connectivity index (χ4n) is 8.42. The molecular formula is C52H35N3. The van der Waals surface area contributed by atoms with Gasteiger partial charge in [0, 0.05) is 16.7 Å². The fraction of sp³-hybridized carbons (Fsp3) is 0.0192. The summed E-state index contributed by atoms with van der Waals surface area (Å²) in [6, 6.07) is 75.2. The quantitative estimate of drug-likeness (QED) is 0.166. The molecular weight excluding hydrogens is 667 g/mol. The maximum Gasteiger partial charge on any atom is 0.164 e. The Balaban J connectivity index is 1.20. The monoisotopic (exact) mass is 701 g/mol. The first kappa shape index (κ1) is 32.4. The Morgan fingerprint density at radius 3 is 1.22 bits per heavy atom. The van der Waals surface area contributed by atoms with Gasteiger partial charge in [-0.3, -0.25) is 0 Å². The molecule has 8 aromatic carbocycles. The molecule has 0 spiro atoms. The molecule has 10 rings (SSSR count). The Kier molecular flexibility index (Phi) is 8.04. The van der Waals surface area contributed by atoms with E-state index in [0.717, 1.165) is 38.9 Å². The Morgan fingerprint density at radius 1 is 0.255 bits per heavy atom. The minimum Gasteiger partial charge on any atom is -0.208 e. The predicted octanol–water partition coefficient (Wildman–Crippen LogP) is 12.6. The van der Waals surface area contributed by atoms with Gasteiger partial charge in [-0.15, -0.1) is 0 Å². The summed E-state index contributed by atoms with van der Waals surface area (Å²) in [5, 5.41) is 0. The summed E-state index contributed by atoms with van der Waals surface area (Å²) in [6.07, 6.45) is 0. The van der Waals surface area contributed by atoms with Crippen LogP contribution in [0.25, 0.3) is 67.5 Å². The highest BCUT2D eigenvalue weighted by Gasteiger charge is 2.46. The van der Waals surface area contributed by atoms with Gasteiger partial charge in [0.05, 0.1) is 5.41 Å². The third-order valence-corrected chi connectivity index (χ3v) is 10.9. The van der Waals surface area contributed by atoms with Crippen LogP contribution in [0.3, 0.4) is 0 Å². The second-order valence-electron chi connectivity index (χ2n) is 13.9. The number of fused-ring (bicyclic) bond motifs is 3. The summed E-state index contributed by atoms with van der Waals surface area (Å²) in [5.74, 6) is 1.90. The molecule has 55 heavy (non-hydrogen) atoms. The van der Waals surface area contributed by atoms with Crippen LogP contribution in [-0.2, 0) is 5.41 Å². The van der Waals surface area contributed by atoms with Gasteiger partial charge in [-0.05, 0) is 61.7 Å². The summed E-state index contributed by atoms with van der Waals surface area (Å²) >= 11 is 0. The number of nitrogens with zero attached hydrogens (tertiary/aromatic N) is 3. The molecule has 0 atom stereocenters. The SMILES string of the molecule is c1ccc(-c2nc(-c3ccccc3-c3ccccc3)nc(-c3ccccc3-c3ccc4c(c3)C(c3ccccc3)(c3ccccc3)c3ccccc3-4)n2)cc1. The average Bonchev–Trinajstić information content (AvgIpc) is 3.58. The molecule has 1 heterocycles. The number of benzene rings is 8. The molecule has 0 aliphatic heterocycles. The molecule has 0 saturated carbocycles. The van der Waals surface area contributed by atoms with E-state index in [0.29, 0.717) is 17.5 Å². The normalized spacial score (nSPS) is 12.5. The molecule has 0 amide bonds. The van der Waals surface area contributed by atoms with Gasteiger partial charge in [-0.1, -0.05) is 206 Å². The molecule has 258 valence electrons. The van der Waals surface area contributed by atoms with Crippen molar-refractivity contribution >= 4 is 0 Å². The van der Waals surface area contributed by atoms with Gasteiger partial charge in [-0.25, -0.2) is 15.0 Å². The zero-order valence-corrected chi connectivity index (χ0v) is 30.0. The highest BCUT2D eigenvalue weighted by Crippen LogP contribution is 2.56. The molecule has 9 aromatic rings. The highest BCUT2D eigenvalue weighted by atomic mass is 15.0. The highest BCUT2D eigenvalue weighted by molar-refractivity contribution is 5.91. The van der Waals surface area contributed by atoms with E-state index >= 15 is 0 Å². The summed E-state index contributed by atoms with van der Waals surface area (Å²) in [5.41, 5.74) is 14.2. The van der Waals surface area contributed by atoms with Gasteiger partial charge in [-0.2, -0.15) is 0 Å². The first-order valence-corrected chi connectivity index (χ1v) is 18.7. The Labute approximate surface area is 321 Å². The van der Waals surface area contributed by atoms with E-state index in [-0.39, 0.29) is 0 Å². The van der Waals surface area contributed by atoms with Crippen LogP contribution in [0.5, 0.6) is 0 Å². The summed E-state index contributed by atoms with van der Waals surface area (Å²) in [6.45, 7) is 0. The zero-order valence-electron chi connectivity index (χ0n) is 30.0. The maximum atomic E-state index is 5.28. The van der Waals surface area contributed by atoms with Crippen LogP contribution < -0.4 is 0 Å². The van der Waals surface area contributed by atoms with Gasteiger partial charge in [0.2, 0.25) is 0 Å². The first-order valence-electron chi connectivity index (χ1n) is 18.7. The van der Waals surface area contributed by atoms with E-state index in [9.17, 15) is 0 Å². The van der Waals surface area contributed by atoms with Gasteiger partial charge in [0.1, 0.15) is 0 Å². The summed E-state index contributed by atoms with van der Waals surface area (Å²) in [4.78, 5) is 15.6.